The zero-order valence-corrected chi connectivity index (χ0v) is 18.1. The molecule has 8 heteroatoms. The fourth-order valence-electron chi connectivity index (χ4n) is 3.97. The Morgan fingerprint density at radius 1 is 1.06 bits per heavy atom. The van der Waals surface area contributed by atoms with Gasteiger partial charge in [0.15, 0.2) is 0 Å². The van der Waals surface area contributed by atoms with Crippen molar-refractivity contribution in [3.8, 4) is 0 Å². The van der Waals surface area contributed by atoms with Crippen LogP contribution in [0.2, 0.25) is 0 Å². The first-order valence-electron chi connectivity index (χ1n) is 10.8. The smallest absolute Gasteiger partial charge is 0.253 e. The Kier molecular flexibility index (Phi) is 6.91. The summed E-state index contributed by atoms with van der Waals surface area (Å²) in [6, 6.07) is 17.2. The summed E-state index contributed by atoms with van der Waals surface area (Å²) in [6.07, 6.45) is 3.06. The number of methoxy groups -OCH3 is 1. The molecule has 3 aromatic rings. The number of fused-ring (bicyclic) bond motifs is 1. The standard InChI is InChI=1S/C24H27N5O3/c1-32-16-23(30)26-20-10-6-5-9-19(20)24(31)25-18-11-12-21-27-28-22(29(21)14-13-18)15-17-7-3-2-4-8-17/h2-10,18H,11-16H2,1H3,(H,25,31)(H,26,30). The SMILES string of the molecule is COCC(=O)Nc1ccccc1C(=O)NC1CCc2nnc(Cc3ccccc3)n2CC1. The van der Waals surface area contributed by atoms with Crippen molar-refractivity contribution in [1.82, 2.24) is 20.1 Å². The van der Waals surface area contributed by atoms with Crippen LogP contribution in [0.4, 0.5) is 5.69 Å². The van der Waals surface area contributed by atoms with E-state index in [4.69, 9.17) is 4.74 Å². The number of carbonyl (C=O) groups is 2. The molecule has 8 nitrogen and oxygen atoms in total. The first kappa shape index (κ1) is 21.7. The maximum atomic E-state index is 13.0. The number of hydrogen-bond acceptors (Lipinski definition) is 5. The van der Waals surface area contributed by atoms with Crippen LogP contribution in [0.1, 0.15) is 40.4 Å². The summed E-state index contributed by atoms with van der Waals surface area (Å²) in [5, 5.41) is 14.7. The molecule has 2 heterocycles. The van der Waals surface area contributed by atoms with E-state index in [1.54, 1.807) is 24.3 Å². The normalized spacial score (nSPS) is 15.5. The second kappa shape index (κ2) is 10.2. The molecule has 0 saturated carbocycles. The zero-order chi connectivity index (χ0) is 22.3. The highest BCUT2D eigenvalue weighted by Gasteiger charge is 2.23. The van der Waals surface area contributed by atoms with E-state index in [-0.39, 0.29) is 24.5 Å². The van der Waals surface area contributed by atoms with Crippen LogP contribution in [0, 0.1) is 0 Å². The summed E-state index contributed by atoms with van der Waals surface area (Å²) in [5.74, 6) is 1.40. The average molecular weight is 434 g/mol. The molecular formula is C24H27N5O3. The molecule has 1 atom stereocenters. The molecule has 2 amide bonds. The van der Waals surface area contributed by atoms with Crippen molar-refractivity contribution in [2.75, 3.05) is 19.0 Å². The van der Waals surface area contributed by atoms with Gasteiger partial charge in [0, 0.05) is 32.5 Å². The number of nitrogens with zero attached hydrogens (tertiary/aromatic N) is 3. The lowest BCUT2D eigenvalue weighted by molar-refractivity contribution is -0.119. The number of hydrogen-bond donors (Lipinski definition) is 2. The fraction of sp³-hybridized carbons (Fsp3) is 0.333. The Morgan fingerprint density at radius 2 is 1.84 bits per heavy atom. The molecule has 0 aliphatic carbocycles. The highest BCUT2D eigenvalue weighted by Crippen LogP contribution is 2.20. The Bertz CT molecular complexity index is 1080. The van der Waals surface area contributed by atoms with Crippen LogP contribution in [-0.4, -0.2) is 46.3 Å². The van der Waals surface area contributed by atoms with Crippen LogP contribution < -0.4 is 10.6 Å². The second-order valence-corrected chi connectivity index (χ2v) is 7.87. The Hall–Kier alpha value is -3.52. The molecule has 2 N–H and O–H groups in total. The molecule has 1 unspecified atom stereocenters. The predicted octanol–water partition coefficient (Wildman–Crippen LogP) is 2.59. The molecule has 0 bridgehead atoms. The second-order valence-electron chi connectivity index (χ2n) is 7.87. The number of aromatic nitrogens is 3. The van der Waals surface area contributed by atoms with Gasteiger partial charge in [-0.25, -0.2) is 0 Å². The van der Waals surface area contributed by atoms with Gasteiger partial charge in [-0.05, 0) is 30.5 Å². The van der Waals surface area contributed by atoms with Gasteiger partial charge in [0.1, 0.15) is 18.3 Å². The molecule has 0 radical (unpaired) electrons. The van der Waals surface area contributed by atoms with Crippen LogP contribution >= 0.6 is 0 Å². The van der Waals surface area contributed by atoms with E-state index in [0.717, 1.165) is 43.9 Å². The largest absolute Gasteiger partial charge is 0.375 e. The third-order valence-electron chi connectivity index (χ3n) is 5.58. The zero-order valence-electron chi connectivity index (χ0n) is 18.1. The molecule has 1 aliphatic rings. The van der Waals surface area contributed by atoms with Gasteiger partial charge in [-0.15, -0.1) is 10.2 Å². The molecule has 0 spiro atoms. The Balaban J connectivity index is 1.40. The number of nitrogens with one attached hydrogen (secondary N) is 2. The van der Waals surface area contributed by atoms with E-state index >= 15 is 0 Å². The molecule has 4 rings (SSSR count). The van der Waals surface area contributed by atoms with Gasteiger partial charge in [0.25, 0.3) is 5.91 Å². The maximum absolute atomic E-state index is 13.0. The van der Waals surface area contributed by atoms with E-state index in [9.17, 15) is 9.59 Å². The van der Waals surface area contributed by atoms with Crippen molar-refractivity contribution in [1.29, 1.82) is 0 Å². The fourth-order valence-corrected chi connectivity index (χ4v) is 3.97. The van der Waals surface area contributed by atoms with E-state index in [1.807, 2.05) is 18.2 Å². The minimum atomic E-state index is -0.300. The van der Waals surface area contributed by atoms with Crippen LogP contribution in [-0.2, 0) is 28.9 Å². The molecule has 32 heavy (non-hydrogen) atoms. The van der Waals surface area contributed by atoms with E-state index in [0.29, 0.717) is 11.3 Å². The number of amides is 2. The Labute approximate surface area is 187 Å². The lowest BCUT2D eigenvalue weighted by Crippen LogP contribution is -2.36. The van der Waals surface area contributed by atoms with Crippen molar-refractivity contribution in [2.45, 2.75) is 38.3 Å². The van der Waals surface area contributed by atoms with E-state index < -0.39 is 0 Å². The third-order valence-corrected chi connectivity index (χ3v) is 5.58. The topological polar surface area (TPSA) is 98.1 Å². The van der Waals surface area contributed by atoms with Gasteiger partial charge in [-0.2, -0.15) is 0 Å². The summed E-state index contributed by atoms with van der Waals surface area (Å²) in [4.78, 5) is 24.9. The number of benzene rings is 2. The molecule has 1 aliphatic heterocycles. The van der Waals surface area contributed by atoms with Gasteiger partial charge in [0.05, 0.1) is 11.3 Å². The first-order valence-corrected chi connectivity index (χ1v) is 10.8. The van der Waals surface area contributed by atoms with Crippen molar-refractivity contribution in [3.05, 3.63) is 77.4 Å². The highest BCUT2D eigenvalue weighted by molar-refractivity contribution is 6.04. The number of ether oxygens (including phenoxy) is 1. The van der Waals surface area contributed by atoms with Crippen LogP contribution in [0.25, 0.3) is 0 Å². The van der Waals surface area contributed by atoms with Crippen LogP contribution in [0.15, 0.2) is 54.6 Å². The predicted molar refractivity (Wildman–Crippen MR) is 120 cm³/mol. The lowest BCUT2D eigenvalue weighted by Gasteiger charge is -2.18. The minimum absolute atomic E-state index is 0.0107. The molecular weight excluding hydrogens is 406 g/mol. The molecule has 2 aromatic carbocycles. The number of anilines is 1. The summed E-state index contributed by atoms with van der Waals surface area (Å²) in [5.41, 5.74) is 2.11. The first-order chi connectivity index (χ1) is 15.6. The van der Waals surface area contributed by atoms with Crippen LogP contribution in [0.5, 0.6) is 0 Å². The summed E-state index contributed by atoms with van der Waals surface area (Å²) >= 11 is 0. The summed E-state index contributed by atoms with van der Waals surface area (Å²) < 4.78 is 7.03. The molecule has 0 saturated heterocycles. The highest BCUT2D eigenvalue weighted by atomic mass is 16.5. The van der Waals surface area contributed by atoms with Gasteiger partial charge >= 0.3 is 0 Å². The van der Waals surface area contributed by atoms with Gasteiger partial charge in [0.2, 0.25) is 5.91 Å². The van der Waals surface area contributed by atoms with Crippen molar-refractivity contribution >= 4 is 17.5 Å². The molecule has 0 fully saturated rings. The quantitative estimate of drug-likeness (QED) is 0.597. The van der Waals surface area contributed by atoms with E-state index in [1.165, 1.54) is 12.7 Å². The van der Waals surface area contributed by atoms with Crippen molar-refractivity contribution in [2.24, 2.45) is 0 Å². The maximum Gasteiger partial charge on any atom is 0.253 e. The van der Waals surface area contributed by atoms with Gasteiger partial charge in [-0.3, -0.25) is 9.59 Å². The van der Waals surface area contributed by atoms with Crippen LogP contribution in [0.3, 0.4) is 0 Å². The average Bonchev–Trinajstić information content (AvgIpc) is 3.06. The monoisotopic (exact) mass is 433 g/mol. The van der Waals surface area contributed by atoms with E-state index in [2.05, 4.69) is 37.5 Å². The molecule has 1 aromatic heterocycles. The summed E-state index contributed by atoms with van der Waals surface area (Å²) in [7, 11) is 1.45. The van der Waals surface area contributed by atoms with Gasteiger partial charge < -0.3 is 19.9 Å². The number of rotatable bonds is 7. The lowest BCUT2D eigenvalue weighted by atomic mass is 10.1. The van der Waals surface area contributed by atoms with Crippen molar-refractivity contribution in [3.63, 3.8) is 0 Å². The Morgan fingerprint density at radius 3 is 2.66 bits per heavy atom. The molecule has 166 valence electrons. The number of carbonyl (C=O) groups excluding carboxylic acids is 2. The minimum Gasteiger partial charge on any atom is -0.375 e. The third kappa shape index (κ3) is 5.20. The number of para-hydroxylation sites is 1. The summed E-state index contributed by atoms with van der Waals surface area (Å²) in [6.45, 7) is 0.686. The van der Waals surface area contributed by atoms with Gasteiger partial charge in [-0.1, -0.05) is 42.5 Å². The number of aryl methyl sites for hydroxylation is 1. The van der Waals surface area contributed by atoms with Crippen molar-refractivity contribution < 1.29 is 14.3 Å².